The molecular formula is C6H10Cl2O2. The molecule has 1 unspecified atom stereocenters. The van der Waals surface area contributed by atoms with Gasteiger partial charge in [0.05, 0.1) is 0 Å². The summed E-state index contributed by atoms with van der Waals surface area (Å²) in [6.07, 6.45) is 0. The smallest absolute Gasteiger partial charge is 0.325 e. The Morgan fingerprint density at radius 3 is 2.40 bits per heavy atom. The molecule has 4 heteroatoms. The molecule has 0 radical (unpaired) electrons. The lowest BCUT2D eigenvalue weighted by Crippen LogP contribution is -2.22. The van der Waals surface area contributed by atoms with Crippen molar-refractivity contribution in [2.45, 2.75) is 19.2 Å². The summed E-state index contributed by atoms with van der Waals surface area (Å²) in [7, 11) is 0. The van der Waals surface area contributed by atoms with Crippen molar-refractivity contribution in [3.63, 3.8) is 0 Å². The molecule has 0 aromatic heterocycles. The summed E-state index contributed by atoms with van der Waals surface area (Å²) in [6, 6.07) is -0.130. The first kappa shape index (κ1) is 10.0. The highest BCUT2D eigenvalue weighted by molar-refractivity contribution is 6.30. The molecule has 0 aliphatic rings. The van der Waals surface area contributed by atoms with Crippen LogP contribution in [0.3, 0.4) is 0 Å². The summed E-state index contributed by atoms with van der Waals surface area (Å²) in [5.41, 5.74) is 0. The van der Waals surface area contributed by atoms with E-state index in [0.717, 1.165) is 0 Å². The van der Waals surface area contributed by atoms with E-state index in [1.807, 2.05) is 13.8 Å². The van der Waals surface area contributed by atoms with E-state index < -0.39 is 11.3 Å². The molecule has 2 nitrogen and oxygen atoms in total. The summed E-state index contributed by atoms with van der Waals surface area (Å²) in [6.45, 7) is 3.68. The molecule has 0 saturated carbocycles. The highest BCUT2D eigenvalue weighted by Gasteiger charge is 2.19. The average molecular weight is 185 g/mol. The Kier molecular flexibility index (Phi) is 4.83. The number of rotatable bonds is 3. The summed E-state index contributed by atoms with van der Waals surface area (Å²) in [5.74, 6) is -0.371. The first-order valence-electron chi connectivity index (χ1n) is 2.96. The molecule has 0 aliphatic carbocycles. The highest BCUT2D eigenvalue weighted by atomic mass is 35.5. The van der Waals surface area contributed by atoms with Crippen molar-refractivity contribution in [2.75, 3.05) is 6.07 Å². The fourth-order valence-electron chi connectivity index (χ4n) is 0.406. The minimum Gasteiger partial charge on any atom is -0.448 e. The Balaban J connectivity index is 3.71. The maximum absolute atomic E-state index is 10.7. The van der Waals surface area contributed by atoms with Gasteiger partial charge in [-0.15, -0.1) is 11.6 Å². The lowest BCUT2D eigenvalue weighted by atomic mass is 10.1. The zero-order chi connectivity index (χ0) is 8.15. The number of alkyl halides is 2. The minimum atomic E-state index is -0.584. The zero-order valence-electron chi connectivity index (χ0n) is 5.93. The monoisotopic (exact) mass is 184 g/mol. The second-order valence-electron chi connectivity index (χ2n) is 2.22. The van der Waals surface area contributed by atoms with E-state index in [9.17, 15) is 4.79 Å². The van der Waals surface area contributed by atoms with Gasteiger partial charge in [-0.1, -0.05) is 25.4 Å². The third kappa shape index (κ3) is 3.28. The van der Waals surface area contributed by atoms with E-state index >= 15 is 0 Å². The van der Waals surface area contributed by atoms with Crippen LogP contribution < -0.4 is 0 Å². The van der Waals surface area contributed by atoms with Gasteiger partial charge in [0, 0.05) is 0 Å². The Hall–Kier alpha value is 0.0500. The van der Waals surface area contributed by atoms with Crippen LogP contribution in [0.1, 0.15) is 13.8 Å². The maximum atomic E-state index is 10.7. The van der Waals surface area contributed by atoms with Crippen LogP contribution in [-0.4, -0.2) is 17.4 Å². The van der Waals surface area contributed by atoms with Crippen molar-refractivity contribution in [1.82, 2.24) is 0 Å². The molecule has 0 bridgehead atoms. The third-order valence-electron chi connectivity index (χ3n) is 1.01. The first-order valence-corrected chi connectivity index (χ1v) is 3.93. The highest BCUT2D eigenvalue weighted by Crippen LogP contribution is 2.10. The molecule has 0 aromatic carbocycles. The van der Waals surface area contributed by atoms with E-state index in [1.54, 1.807) is 0 Å². The second-order valence-corrected chi connectivity index (χ2v) is 2.91. The van der Waals surface area contributed by atoms with Gasteiger partial charge in [-0.25, -0.2) is 0 Å². The topological polar surface area (TPSA) is 26.3 Å². The van der Waals surface area contributed by atoms with Crippen LogP contribution in [-0.2, 0) is 9.53 Å². The van der Waals surface area contributed by atoms with Crippen molar-refractivity contribution < 1.29 is 9.53 Å². The number of carbonyl (C=O) groups is 1. The predicted molar refractivity (Wildman–Crippen MR) is 41.3 cm³/mol. The van der Waals surface area contributed by atoms with Crippen molar-refractivity contribution in [3.05, 3.63) is 0 Å². The molecule has 0 heterocycles. The zero-order valence-corrected chi connectivity index (χ0v) is 7.45. The van der Waals surface area contributed by atoms with Crippen molar-refractivity contribution >= 4 is 29.2 Å². The SMILES string of the molecule is CC(C)C(Cl)C(=O)OCCl. The van der Waals surface area contributed by atoms with Crippen LogP contribution >= 0.6 is 23.2 Å². The summed E-state index contributed by atoms with van der Waals surface area (Å²) >= 11 is 10.8. The number of ether oxygens (including phenoxy) is 1. The summed E-state index contributed by atoms with van der Waals surface area (Å²) < 4.78 is 4.46. The number of esters is 1. The van der Waals surface area contributed by atoms with Crippen molar-refractivity contribution in [3.8, 4) is 0 Å². The number of halogens is 2. The van der Waals surface area contributed by atoms with Gasteiger partial charge in [0.15, 0.2) is 6.07 Å². The predicted octanol–water partition coefficient (Wildman–Crippen LogP) is 1.99. The molecule has 0 saturated heterocycles. The molecular weight excluding hydrogens is 175 g/mol. The van der Waals surface area contributed by atoms with E-state index in [4.69, 9.17) is 23.2 Å². The lowest BCUT2D eigenvalue weighted by Gasteiger charge is -2.10. The number of hydrogen-bond acceptors (Lipinski definition) is 2. The fourth-order valence-corrected chi connectivity index (χ4v) is 0.576. The molecule has 0 fully saturated rings. The van der Waals surface area contributed by atoms with Crippen molar-refractivity contribution in [2.24, 2.45) is 5.92 Å². The standard InChI is InChI=1S/C6H10Cl2O2/c1-4(2)5(8)6(9)10-3-7/h4-5H,3H2,1-2H3. The minimum absolute atomic E-state index is 0.0809. The van der Waals surface area contributed by atoms with Gasteiger partial charge in [-0.2, -0.15) is 0 Å². The number of carbonyl (C=O) groups excluding carboxylic acids is 1. The van der Waals surface area contributed by atoms with Crippen LogP contribution in [0.5, 0.6) is 0 Å². The molecule has 1 atom stereocenters. The Bertz CT molecular complexity index is 114. The Morgan fingerprint density at radius 1 is 1.60 bits per heavy atom. The molecule has 0 aliphatic heterocycles. The average Bonchev–Trinajstić information content (AvgIpc) is 1.87. The molecule has 0 aromatic rings. The normalized spacial score (nSPS) is 13.3. The Labute approximate surface area is 70.4 Å². The Morgan fingerprint density at radius 2 is 2.10 bits per heavy atom. The first-order chi connectivity index (χ1) is 4.59. The molecule has 0 amide bonds. The number of hydrogen-bond donors (Lipinski definition) is 0. The molecule has 60 valence electrons. The maximum Gasteiger partial charge on any atom is 0.325 e. The molecule has 0 N–H and O–H groups in total. The molecule has 10 heavy (non-hydrogen) atoms. The van der Waals surface area contributed by atoms with Gasteiger partial charge in [-0.3, -0.25) is 4.79 Å². The van der Waals surface area contributed by atoms with E-state index in [2.05, 4.69) is 4.74 Å². The quantitative estimate of drug-likeness (QED) is 0.496. The van der Waals surface area contributed by atoms with Crippen molar-refractivity contribution in [1.29, 1.82) is 0 Å². The van der Waals surface area contributed by atoms with Crippen LogP contribution in [0.4, 0.5) is 0 Å². The van der Waals surface area contributed by atoms with E-state index in [0.29, 0.717) is 0 Å². The van der Waals surface area contributed by atoms with Gasteiger partial charge < -0.3 is 4.74 Å². The van der Waals surface area contributed by atoms with Crippen LogP contribution in [0, 0.1) is 5.92 Å². The van der Waals surface area contributed by atoms with Gasteiger partial charge in [0.2, 0.25) is 0 Å². The van der Waals surface area contributed by atoms with Gasteiger partial charge in [0.25, 0.3) is 0 Å². The fraction of sp³-hybridized carbons (Fsp3) is 0.833. The van der Waals surface area contributed by atoms with E-state index in [-0.39, 0.29) is 12.0 Å². The second kappa shape index (κ2) is 4.80. The van der Waals surface area contributed by atoms with Crippen LogP contribution in [0.15, 0.2) is 0 Å². The van der Waals surface area contributed by atoms with Gasteiger partial charge in [0.1, 0.15) is 5.38 Å². The molecule has 0 rings (SSSR count). The van der Waals surface area contributed by atoms with Crippen LogP contribution in [0.25, 0.3) is 0 Å². The molecule has 0 spiro atoms. The lowest BCUT2D eigenvalue weighted by molar-refractivity contribution is -0.141. The van der Waals surface area contributed by atoms with E-state index in [1.165, 1.54) is 0 Å². The van der Waals surface area contributed by atoms with Gasteiger partial charge in [-0.05, 0) is 5.92 Å². The van der Waals surface area contributed by atoms with Crippen LogP contribution in [0.2, 0.25) is 0 Å². The third-order valence-corrected chi connectivity index (χ3v) is 1.80. The largest absolute Gasteiger partial charge is 0.448 e. The summed E-state index contributed by atoms with van der Waals surface area (Å²) in [4.78, 5) is 10.7. The van der Waals surface area contributed by atoms with Gasteiger partial charge >= 0.3 is 5.97 Å². The summed E-state index contributed by atoms with van der Waals surface area (Å²) in [5, 5.41) is -0.584.